The molecule has 16 heavy (non-hydrogen) atoms. The highest BCUT2D eigenvalue weighted by molar-refractivity contribution is 7.99. The predicted molar refractivity (Wildman–Crippen MR) is 79.7 cm³/mol. The molecule has 0 aromatic rings. The number of thioether (sulfide) groups is 2. The lowest BCUT2D eigenvalue weighted by molar-refractivity contribution is 0.317. The van der Waals surface area contributed by atoms with Gasteiger partial charge in [-0.15, -0.1) is 0 Å². The first-order valence-corrected chi connectivity index (χ1v) is 8.99. The molecule has 1 aliphatic rings. The zero-order valence-electron chi connectivity index (χ0n) is 11.1. The number of hydrogen-bond acceptors (Lipinski definition) is 3. The van der Waals surface area contributed by atoms with Crippen LogP contribution < -0.4 is 5.32 Å². The van der Waals surface area contributed by atoms with Gasteiger partial charge in [0.2, 0.25) is 0 Å². The topological polar surface area (TPSA) is 12.0 Å². The van der Waals surface area contributed by atoms with Crippen LogP contribution in [0.3, 0.4) is 0 Å². The first-order valence-electron chi connectivity index (χ1n) is 6.44. The summed E-state index contributed by atoms with van der Waals surface area (Å²) in [4.78, 5) is 0. The molecule has 0 aromatic heterocycles. The Morgan fingerprint density at radius 1 is 1.31 bits per heavy atom. The molecule has 1 fully saturated rings. The van der Waals surface area contributed by atoms with Gasteiger partial charge in [0.05, 0.1) is 0 Å². The van der Waals surface area contributed by atoms with Crippen molar-refractivity contribution in [2.45, 2.75) is 45.6 Å². The third-order valence-corrected chi connectivity index (χ3v) is 5.39. The highest BCUT2D eigenvalue weighted by Gasteiger charge is 2.27. The normalized spacial score (nSPS) is 24.6. The Hall–Kier alpha value is 0.660. The van der Waals surface area contributed by atoms with E-state index < -0.39 is 0 Å². The van der Waals surface area contributed by atoms with Crippen molar-refractivity contribution in [3.05, 3.63) is 0 Å². The lowest BCUT2D eigenvalue weighted by Crippen LogP contribution is -2.40. The Morgan fingerprint density at radius 2 is 2.12 bits per heavy atom. The number of unbranched alkanes of at least 4 members (excludes halogenated alkanes) is 2. The van der Waals surface area contributed by atoms with E-state index in [2.05, 4.69) is 37.2 Å². The van der Waals surface area contributed by atoms with Crippen molar-refractivity contribution in [3.63, 3.8) is 0 Å². The van der Waals surface area contributed by atoms with Gasteiger partial charge in [-0.1, -0.05) is 20.3 Å². The van der Waals surface area contributed by atoms with Crippen LogP contribution in [0, 0.1) is 5.41 Å². The van der Waals surface area contributed by atoms with Gasteiger partial charge in [-0.3, -0.25) is 0 Å². The minimum atomic E-state index is 0.541. The fourth-order valence-corrected chi connectivity index (χ4v) is 4.05. The fourth-order valence-electron chi connectivity index (χ4n) is 2.25. The van der Waals surface area contributed by atoms with Gasteiger partial charge in [0, 0.05) is 11.8 Å². The molecule has 0 bridgehead atoms. The van der Waals surface area contributed by atoms with Crippen molar-refractivity contribution in [1.29, 1.82) is 0 Å². The Balaban J connectivity index is 2.00. The van der Waals surface area contributed by atoms with E-state index in [0.29, 0.717) is 5.41 Å². The van der Waals surface area contributed by atoms with Crippen molar-refractivity contribution >= 4 is 23.5 Å². The van der Waals surface area contributed by atoms with Gasteiger partial charge < -0.3 is 5.32 Å². The van der Waals surface area contributed by atoms with Gasteiger partial charge in [-0.2, -0.15) is 23.5 Å². The minimum Gasteiger partial charge on any atom is -0.313 e. The van der Waals surface area contributed by atoms with E-state index in [1.807, 2.05) is 11.8 Å². The molecule has 1 nitrogen and oxygen atoms in total. The molecule has 1 atom stereocenters. The zero-order valence-corrected chi connectivity index (χ0v) is 12.7. The third kappa shape index (κ3) is 6.41. The van der Waals surface area contributed by atoms with E-state index in [-0.39, 0.29) is 0 Å². The lowest BCUT2D eigenvalue weighted by Gasteiger charge is -2.35. The van der Waals surface area contributed by atoms with Crippen LogP contribution in [0.2, 0.25) is 0 Å². The summed E-state index contributed by atoms with van der Waals surface area (Å²) in [7, 11) is 0. The monoisotopic (exact) mass is 261 g/mol. The highest BCUT2D eigenvalue weighted by atomic mass is 32.2. The maximum Gasteiger partial charge on any atom is 0.0163 e. The third-order valence-electron chi connectivity index (χ3n) is 3.07. The average Bonchev–Trinajstić information content (AvgIpc) is 2.22. The van der Waals surface area contributed by atoms with Crippen molar-refractivity contribution in [2.75, 3.05) is 30.1 Å². The SMILES string of the molecule is CSCCCCCNC1CSCC(C)(C)C1. The molecule has 3 heteroatoms. The molecule has 1 N–H and O–H groups in total. The first kappa shape index (κ1) is 14.7. The molecule has 1 unspecified atom stereocenters. The predicted octanol–water partition coefficient (Wildman–Crippen LogP) is 3.64. The second-order valence-electron chi connectivity index (χ2n) is 5.59. The summed E-state index contributed by atoms with van der Waals surface area (Å²) in [5.74, 6) is 3.97. The number of hydrogen-bond donors (Lipinski definition) is 1. The molecular formula is C13H27NS2. The molecule has 1 heterocycles. The minimum absolute atomic E-state index is 0.541. The van der Waals surface area contributed by atoms with E-state index in [0.717, 1.165) is 6.04 Å². The summed E-state index contributed by atoms with van der Waals surface area (Å²) >= 11 is 4.08. The summed E-state index contributed by atoms with van der Waals surface area (Å²) < 4.78 is 0. The van der Waals surface area contributed by atoms with Crippen molar-refractivity contribution < 1.29 is 0 Å². The Labute approximate surface area is 110 Å². The van der Waals surface area contributed by atoms with Crippen molar-refractivity contribution in [3.8, 4) is 0 Å². The molecule has 1 saturated heterocycles. The Morgan fingerprint density at radius 3 is 2.81 bits per heavy atom. The van der Waals surface area contributed by atoms with Crippen LogP contribution in [0.1, 0.15) is 39.5 Å². The van der Waals surface area contributed by atoms with E-state index in [9.17, 15) is 0 Å². The maximum atomic E-state index is 3.73. The molecule has 0 aliphatic carbocycles. The van der Waals surface area contributed by atoms with E-state index in [1.165, 1.54) is 49.5 Å². The first-order chi connectivity index (χ1) is 7.64. The van der Waals surface area contributed by atoms with Crippen LogP contribution in [-0.4, -0.2) is 36.1 Å². The second kappa shape index (κ2) is 7.88. The standard InChI is InChI=1S/C13H27NS2/c1-13(2)9-12(10-16-11-13)14-7-5-4-6-8-15-3/h12,14H,4-11H2,1-3H3. The molecule has 1 rings (SSSR count). The average molecular weight is 262 g/mol. The van der Waals surface area contributed by atoms with E-state index in [1.54, 1.807) is 0 Å². The highest BCUT2D eigenvalue weighted by Crippen LogP contribution is 2.33. The van der Waals surface area contributed by atoms with Crippen LogP contribution in [0.25, 0.3) is 0 Å². The number of rotatable bonds is 7. The van der Waals surface area contributed by atoms with Gasteiger partial charge in [0.1, 0.15) is 0 Å². The van der Waals surface area contributed by atoms with Gasteiger partial charge in [-0.25, -0.2) is 0 Å². The largest absolute Gasteiger partial charge is 0.313 e. The Kier molecular flexibility index (Phi) is 7.25. The maximum absolute atomic E-state index is 3.73. The molecule has 96 valence electrons. The molecule has 0 spiro atoms. The Bertz CT molecular complexity index is 183. The van der Waals surface area contributed by atoms with Crippen molar-refractivity contribution in [2.24, 2.45) is 5.41 Å². The van der Waals surface area contributed by atoms with Gasteiger partial charge >= 0.3 is 0 Å². The lowest BCUT2D eigenvalue weighted by atomic mass is 9.88. The van der Waals surface area contributed by atoms with Gasteiger partial charge in [0.25, 0.3) is 0 Å². The van der Waals surface area contributed by atoms with E-state index >= 15 is 0 Å². The van der Waals surface area contributed by atoms with Crippen LogP contribution in [0.4, 0.5) is 0 Å². The van der Waals surface area contributed by atoms with Crippen LogP contribution in [0.15, 0.2) is 0 Å². The summed E-state index contributed by atoms with van der Waals surface area (Å²) in [6.07, 6.45) is 7.66. The second-order valence-corrected chi connectivity index (χ2v) is 7.60. The quantitative estimate of drug-likeness (QED) is 0.703. The summed E-state index contributed by atoms with van der Waals surface area (Å²) in [5.41, 5.74) is 0.541. The molecular weight excluding hydrogens is 234 g/mol. The zero-order chi connectivity index (χ0) is 11.9. The van der Waals surface area contributed by atoms with Gasteiger partial charge in [0.15, 0.2) is 0 Å². The number of nitrogens with one attached hydrogen (secondary N) is 1. The summed E-state index contributed by atoms with van der Waals surface area (Å²) in [6.45, 7) is 6.01. The van der Waals surface area contributed by atoms with Gasteiger partial charge in [-0.05, 0) is 49.0 Å². The molecule has 0 aromatic carbocycles. The fraction of sp³-hybridized carbons (Fsp3) is 1.00. The molecule has 0 saturated carbocycles. The smallest absolute Gasteiger partial charge is 0.0163 e. The summed E-state index contributed by atoms with van der Waals surface area (Å²) in [6, 6.07) is 0.759. The van der Waals surface area contributed by atoms with Crippen LogP contribution in [-0.2, 0) is 0 Å². The van der Waals surface area contributed by atoms with E-state index in [4.69, 9.17) is 0 Å². The van der Waals surface area contributed by atoms with Crippen molar-refractivity contribution in [1.82, 2.24) is 5.32 Å². The van der Waals surface area contributed by atoms with Crippen LogP contribution in [0.5, 0.6) is 0 Å². The molecule has 0 radical (unpaired) electrons. The molecule has 1 aliphatic heterocycles. The summed E-state index contributed by atoms with van der Waals surface area (Å²) in [5, 5.41) is 3.73. The molecule has 0 amide bonds. The van der Waals surface area contributed by atoms with Crippen LogP contribution >= 0.6 is 23.5 Å².